The fraction of sp³-hybridized carbons (Fsp3) is 0. The van der Waals surface area contributed by atoms with Gasteiger partial charge in [0.15, 0.2) is 0 Å². The number of hydrazine groups is 1. The van der Waals surface area contributed by atoms with Gasteiger partial charge in [0, 0.05) is 0 Å². The summed E-state index contributed by atoms with van der Waals surface area (Å²) in [5.41, 5.74) is 0. The number of nitrogens with two attached hydrogens (primary N) is 1. The van der Waals surface area contributed by atoms with Crippen LogP contribution < -0.4 is 10.7 Å². The molecule has 0 aromatic rings. The first-order valence-corrected chi connectivity index (χ1v) is 2.45. The SMILES string of the molecule is NNS(=O)(=O)O.[NaH]. The van der Waals surface area contributed by atoms with Crippen LogP contribution in [-0.4, -0.2) is 42.5 Å². The average molecular weight is 136 g/mol. The molecule has 0 fully saturated rings. The minimum atomic E-state index is -4.13. The summed E-state index contributed by atoms with van der Waals surface area (Å²) in [7, 11) is -4.13. The number of nitrogens with one attached hydrogen (secondary N) is 1. The predicted molar refractivity (Wildman–Crippen MR) is 26.0 cm³/mol. The standard InChI is InChI=1S/H4N2O3S.Na.H/c1-2-6(3,4)5;;/h2H,1H2,(H,3,4,5);;. The Bertz CT molecular complexity index is 115. The molecule has 5 nitrogen and oxygen atoms in total. The Kier molecular flexibility index (Phi) is 5.81. The molecule has 0 bridgehead atoms. The van der Waals surface area contributed by atoms with Crippen molar-refractivity contribution in [2.45, 2.75) is 0 Å². The summed E-state index contributed by atoms with van der Waals surface area (Å²) in [4.78, 5) is 1.13. The van der Waals surface area contributed by atoms with Crippen molar-refractivity contribution >= 4 is 39.9 Å². The van der Waals surface area contributed by atoms with E-state index in [0.717, 1.165) is 4.83 Å². The summed E-state index contributed by atoms with van der Waals surface area (Å²) in [6.07, 6.45) is 0. The van der Waals surface area contributed by atoms with Crippen LogP contribution in [0.1, 0.15) is 0 Å². The Balaban J connectivity index is 0. The van der Waals surface area contributed by atoms with Crippen LogP contribution in [0.4, 0.5) is 0 Å². The van der Waals surface area contributed by atoms with Crippen LogP contribution in [0.15, 0.2) is 0 Å². The van der Waals surface area contributed by atoms with Gasteiger partial charge in [-0.1, -0.05) is 0 Å². The Morgan fingerprint density at radius 3 is 1.71 bits per heavy atom. The Hall–Kier alpha value is 0.830. The van der Waals surface area contributed by atoms with Crippen molar-refractivity contribution < 1.29 is 13.0 Å². The van der Waals surface area contributed by atoms with E-state index in [1.54, 1.807) is 0 Å². The summed E-state index contributed by atoms with van der Waals surface area (Å²) < 4.78 is 26.2. The molecule has 0 amide bonds. The van der Waals surface area contributed by atoms with Crippen LogP contribution >= 0.6 is 0 Å². The van der Waals surface area contributed by atoms with Crippen LogP contribution in [0.25, 0.3) is 0 Å². The van der Waals surface area contributed by atoms with E-state index in [2.05, 4.69) is 5.84 Å². The van der Waals surface area contributed by atoms with Crippen molar-refractivity contribution in [3.63, 3.8) is 0 Å². The first kappa shape index (κ1) is 10.7. The molecule has 4 N–H and O–H groups in total. The van der Waals surface area contributed by atoms with E-state index in [1.807, 2.05) is 0 Å². The molecule has 40 valence electrons. The van der Waals surface area contributed by atoms with Gasteiger partial charge >= 0.3 is 39.9 Å². The van der Waals surface area contributed by atoms with E-state index in [4.69, 9.17) is 4.55 Å². The molecule has 0 unspecified atom stereocenters. The number of hydrogen-bond acceptors (Lipinski definition) is 3. The van der Waals surface area contributed by atoms with Gasteiger partial charge in [0.1, 0.15) is 0 Å². The molecule has 0 atom stereocenters. The van der Waals surface area contributed by atoms with Gasteiger partial charge in [-0.25, -0.2) is 0 Å². The van der Waals surface area contributed by atoms with Crippen molar-refractivity contribution in [1.82, 2.24) is 4.83 Å². The molecule has 0 aromatic carbocycles. The fourth-order valence-electron chi connectivity index (χ4n) is 0. The van der Waals surface area contributed by atoms with Crippen LogP contribution in [0.3, 0.4) is 0 Å². The third-order valence-electron chi connectivity index (χ3n) is 0.149. The molecular weight excluding hydrogens is 131 g/mol. The van der Waals surface area contributed by atoms with Gasteiger partial charge < -0.3 is 0 Å². The van der Waals surface area contributed by atoms with E-state index >= 15 is 0 Å². The van der Waals surface area contributed by atoms with Gasteiger partial charge in [0.25, 0.3) is 0 Å². The Morgan fingerprint density at radius 1 is 1.57 bits per heavy atom. The maximum absolute atomic E-state index is 9.32. The van der Waals surface area contributed by atoms with Crippen LogP contribution in [0, 0.1) is 0 Å². The second-order valence-electron chi connectivity index (χ2n) is 0.593. The van der Waals surface area contributed by atoms with Gasteiger partial charge in [0.05, 0.1) is 0 Å². The zero-order valence-electron chi connectivity index (χ0n) is 2.75. The number of rotatable bonds is 1. The third-order valence-corrected chi connectivity index (χ3v) is 0.447. The van der Waals surface area contributed by atoms with Gasteiger partial charge in [0.2, 0.25) is 0 Å². The normalized spacial score (nSPS) is 10.0. The van der Waals surface area contributed by atoms with Crippen LogP contribution in [-0.2, 0) is 10.3 Å². The molecule has 0 aliphatic rings. The van der Waals surface area contributed by atoms with Gasteiger partial charge in [-0.3, -0.25) is 10.4 Å². The Morgan fingerprint density at radius 2 is 1.71 bits per heavy atom. The minimum absolute atomic E-state index is 0. The molecule has 0 radical (unpaired) electrons. The summed E-state index contributed by atoms with van der Waals surface area (Å²) >= 11 is 0. The summed E-state index contributed by atoms with van der Waals surface area (Å²) in [5, 5.41) is 0. The van der Waals surface area contributed by atoms with E-state index in [0.29, 0.717) is 0 Å². The van der Waals surface area contributed by atoms with Crippen LogP contribution in [0.2, 0.25) is 0 Å². The van der Waals surface area contributed by atoms with Gasteiger partial charge in [-0.15, -0.1) is 4.83 Å². The molecule has 0 spiro atoms. The first-order valence-electron chi connectivity index (χ1n) is 1.01. The van der Waals surface area contributed by atoms with Crippen molar-refractivity contribution in [3.05, 3.63) is 0 Å². The van der Waals surface area contributed by atoms with Crippen molar-refractivity contribution in [2.75, 3.05) is 0 Å². The molecule has 0 heterocycles. The number of hydrogen-bond donors (Lipinski definition) is 3. The molecule has 0 rings (SSSR count). The second kappa shape index (κ2) is 3.79. The van der Waals surface area contributed by atoms with Gasteiger partial charge in [-0.2, -0.15) is 8.42 Å². The average Bonchev–Trinajstić information content (AvgIpc) is 1.35. The fourth-order valence-corrected chi connectivity index (χ4v) is 0. The zero-order chi connectivity index (χ0) is 5.21. The van der Waals surface area contributed by atoms with Gasteiger partial charge in [-0.05, 0) is 0 Å². The Labute approximate surface area is 63.4 Å². The molecule has 0 aliphatic carbocycles. The van der Waals surface area contributed by atoms with E-state index in [9.17, 15) is 8.42 Å². The third kappa shape index (κ3) is 10.9. The molecule has 0 aliphatic heterocycles. The second-order valence-corrected chi connectivity index (χ2v) is 1.78. The molecule has 0 saturated carbocycles. The summed E-state index contributed by atoms with van der Waals surface area (Å²) in [6, 6.07) is 0. The van der Waals surface area contributed by atoms with Crippen molar-refractivity contribution in [1.29, 1.82) is 0 Å². The quantitative estimate of drug-likeness (QED) is 0.162. The van der Waals surface area contributed by atoms with E-state index < -0.39 is 10.3 Å². The molecule has 0 aromatic heterocycles. The summed E-state index contributed by atoms with van der Waals surface area (Å²) in [6.45, 7) is 0. The van der Waals surface area contributed by atoms with Crippen molar-refractivity contribution in [2.24, 2.45) is 5.84 Å². The first-order chi connectivity index (χ1) is 2.56. The van der Waals surface area contributed by atoms with E-state index in [1.165, 1.54) is 0 Å². The predicted octanol–water partition coefficient (Wildman–Crippen LogP) is -2.40. The monoisotopic (exact) mass is 136 g/mol. The topological polar surface area (TPSA) is 92.4 Å². The molecular formula is H5N2NaO3S. The maximum atomic E-state index is 9.32. The van der Waals surface area contributed by atoms with Crippen molar-refractivity contribution in [3.8, 4) is 0 Å². The van der Waals surface area contributed by atoms with Crippen LogP contribution in [0.5, 0.6) is 0 Å². The zero-order valence-corrected chi connectivity index (χ0v) is 3.57. The molecule has 7 heteroatoms. The summed E-state index contributed by atoms with van der Waals surface area (Å²) in [5.74, 6) is 4.22. The van der Waals surface area contributed by atoms with E-state index in [-0.39, 0.29) is 29.6 Å². The molecule has 0 saturated heterocycles. The molecule has 7 heavy (non-hydrogen) atoms.